The van der Waals surface area contributed by atoms with Crippen molar-refractivity contribution in [1.82, 2.24) is 0 Å². The Hall–Kier alpha value is -1.93. The molecule has 0 saturated carbocycles. The van der Waals surface area contributed by atoms with Crippen molar-refractivity contribution < 1.29 is 13.3 Å². The second-order valence-electron chi connectivity index (χ2n) is 4.37. The smallest absolute Gasteiger partial charge is 0.269 e. The Kier molecular flexibility index (Phi) is 4.29. The van der Waals surface area contributed by atoms with Crippen LogP contribution >= 0.6 is 15.9 Å². The Morgan fingerprint density at radius 2 is 1.76 bits per heavy atom. The quantitative estimate of drug-likeness (QED) is 0.506. The van der Waals surface area contributed by atoms with E-state index < -0.39 is 14.8 Å². The molecule has 0 fully saturated rings. The molecule has 2 aromatic carbocycles. The number of hydrogen-bond acceptors (Lipinski definition) is 5. The van der Waals surface area contributed by atoms with Gasteiger partial charge in [0.2, 0.25) is 0 Å². The highest BCUT2D eigenvalue weighted by Crippen LogP contribution is 2.27. The van der Waals surface area contributed by atoms with Crippen molar-refractivity contribution in [3.8, 4) is 0 Å². The van der Waals surface area contributed by atoms with Gasteiger partial charge >= 0.3 is 0 Å². The van der Waals surface area contributed by atoms with E-state index in [4.69, 9.17) is 5.73 Å². The third kappa shape index (κ3) is 3.59. The molecule has 2 rings (SSSR count). The predicted octanol–water partition coefficient (Wildman–Crippen LogP) is 2.91. The van der Waals surface area contributed by atoms with E-state index in [0.717, 1.165) is 0 Å². The number of anilines is 1. The number of benzene rings is 2. The lowest BCUT2D eigenvalue weighted by Crippen LogP contribution is -2.06. The largest absolute Gasteiger partial charge is 0.399 e. The topological polar surface area (TPSA) is 103 Å². The predicted molar refractivity (Wildman–Crippen MR) is 82.5 cm³/mol. The third-order valence-corrected chi connectivity index (χ3v) is 5.45. The van der Waals surface area contributed by atoms with Gasteiger partial charge in [0, 0.05) is 22.3 Å². The molecular weight excluding hydrogens is 360 g/mol. The standard InChI is InChI=1S/C13H11BrN2O4S/c14-12-7-10(15)3-6-13(12)21(19,20)8-9-1-4-11(5-2-9)16(17)18/h1-7H,8,15H2. The summed E-state index contributed by atoms with van der Waals surface area (Å²) in [6.45, 7) is 0. The Labute approximate surface area is 129 Å². The van der Waals surface area contributed by atoms with Crippen molar-refractivity contribution in [2.45, 2.75) is 10.6 Å². The van der Waals surface area contributed by atoms with Crippen LogP contribution in [-0.2, 0) is 15.6 Å². The number of nitrogens with zero attached hydrogens (tertiary/aromatic N) is 1. The molecule has 0 bridgehead atoms. The van der Waals surface area contributed by atoms with Gasteiger partial charge in [0.05, 0.1) is 15.6 Å². The fraction of sp³-hybridized carbons (Fsp3) is 0.0769. The van der Waals surface area contributed by atoms with Gasteiger partial charge < -0.3 is 5.73 Å². The van der Waals surface area contributed by atoms with E-state index in [1.54, 1.807) is 0 Å². The van der Waals surface area contributed by atoms with E-state index in [-0.39, 0.29) is 16.3 Å². The van der Waals surface area contributed by atoms with Crippen LogP contribution in [0.4, 0.5) is 11.4 Å². The molecule has 0 aliphatic heterocycles. The van der Waals surface area contributed by atoms with Gasteiger partial charge in [-0.1, -0.05) is 12.1 Å². The van der Waals surface area contributed by atoms with Crippen LogP contribution in [0.5, 0.6) is 0 Å². The zero-order valence-electron chi connectivity index (χ0n) is 10.7. The highest BCUT2D eigenvalue weighted by atomic mass is 79.9. The number of hydrogen-bond donors (Lipinski definition) is 1. The minimum absolute atomic E-state index is 0.0789. The van der Waals surface area contributed by atoms with E-state index in [0.29, 0.717) is 15.7 Å². The van der Waals surface area contributed by atoms with E-state index in [2.05, 4.69) is 15.9 Å². The number of sulfone groups is 1. The van der Waals surface area contributed by atoms with Gasteiger partial charge in [-0.2, -0.15) is 0 Å². The number of nitrogens with two attached hydrogens (primary N) is 1. The molecule has 110 valence electrons. The lowest BCUT2D eigenvalue weighted by molar-refractivity contribution is -0.384. The first-order valence-corrected chi connectivity index (χ1v) is 8.25. The van der Waals surface area contributed by atoms with Crippen LogP contribution in [0.15, 0.2) is 51.8 Å². The summed E-state index contributed by atoms with van der Waals surface area (Å²) in [5.41, 5.74) is 6.43. The lowest BCUT2D eigenvalue weighted by atomic mass is 10.2. The molecule has 0 spiro atoms. The van der Waals surface area contributed by atoms with E-state index >= 15 is 0 Å². The minimum Gasteiger partial charge on any atom is -0.399 e. The number of nitro groups is 1. The van der Waals surface area contributed by atoms with Crippen LogP contribution in [0, 0.1) is 10.1 Å². The van der Waals surface area contributed by atoms with Crippen molar-refractivity contribution in [1.29, 1.82) is 0 Å². The van der Waals surface area contributed by atoms with Crippen molar-refractivity contribution >= 4 is 37.1 Å². The number of non-ortho nitro benzene ring substituents is 1. The zero-order chi connectivity index (χ0) is 15.6. The SMILES string of the molecule is Nc1ccc(S(=O)(=O)Cc2ccc([N+](=O)[O-])cc2)c(Br)c1. The summed E-state index contributed by atoms with van der Waals surface area (Å²) < 4.78 is 25.1. The van der Waals surface area contributed by atoms with E-state index in [1.165, 1.54) is 42.5 Å². The van der Waals surface area contributed by atoms with Gasteiger partial charge in [0.25, 0.3) is 5.69 Å². The highest BCUT2D eigenvalue weighted by Gasteiger charge is 2.19. The third-order valence-electron chi connectivity index (χ3n) is 2.79. The van der Waals surface area contributed by atoms with Gasteiger partial charge in [-0.15, -0.1) is 0 Å². The molecule has 6 nitrogen and oxygen atoms in total. The molecule has 0 unspecified atom stereocenters. The summed E-state index contributed by atoms with van der Waals surface area (Å²) in [6.07, 6.45) is 0. The summed E-state index contributed by atoms with van der Waals surface area (Å²) in [7, 11) is -3.57. The van der Waals surface area contributed by atoms with Crippen molar-refractivity contribution in [2.75, 3.05) is 5.73 Å². The summed E-state index contributed by atoms with van der Waals surface area (Å²) in [5, 5.41) is 10.6. The molecule has 0 aromatic heterocycles. The van der Waals surface area contributed by atoms with Crippen molar-refractivity contribution in [3.63, 3.8) is 0 Å². The molecule has 0 heterocycles. The Morgan fingerprint density at radius 1 is 1.14 bits per heavy atom. The second-order valence-corrected chi connectivity index (χ2v) is 7.18. The fourth-order valence-electron chi connectivity index (χ4n) is 1.78. The van der Waals surface area contributed by atoms with Crippen molar-refractivity contribution in [3.05, 3.63) is 62.6 Å². The Morgan fingerprint density at radius 3 is 2.29 bits per heavy atom. The maximum absolute atomic E-state index is 12.3. The maximum atomic E-state index is 12.3. The Balaban J connectivity index is 2.30. The summed E-state index contributed by atoms with van der Waals surface area (Å²) in [6, 6.07) is 9.88. The number of halogens is 1. The van der Waals surface area contributed by atoms with Crippen LogP contribution in [-0.4, -0.2) is 13.3 Å². The molecule has 2 aromatic rings. The molecule has 0 aliphatic rings. The molecule has 0 saturated heterocycles. The van der Waals surface area contributed by atoms with Gasteiger partial charge in [-0.25, -0.2) is 8.42 Å². The van der Waals surface area contributed by atoms with Crippen LogP contribution in [0.3, 0.4) is 0 Å². The molecule has 0 amide bonds. The van der Waals surface area contributed by atoms with Crippen LogP contribution in [0.1, 0.15) is 5.56 Å². The second kappa shape index (κ2) is 5.82. The van der Waals surface area contributed by atoms with Crippen molar-refractivity contribution in [2.24, 2.45) is 0 Å². The normalized spacial score (nSPS) is 11.3. The van der Waals surface area contributed by atoms with Crippen LogP contribution in [0.2, 0.25) is 0 Å². The summed E-state index contributed by atoms with van der Waals surface area (Å²) in [5.74, 6) is -0.243. The van der Waals surface area contributed by atoms with Gasteiger partial charge in [0.1, 0.15) is 0 Å². The number of rotatable bonds is 4. The number of nitro benzene ring substituents is 1. The highest BCUT2D eigenvalue weighted by molar-refractivity contribution is 9.10. The van der Waals surface area contributed by atoms with Crippen LogP contribution in [0.25, 0.3) is 0 Å². The Bertz CT molecular complexity index is 788. The number of nitrogen functional groups attached to an aromatic ring is 1. The first-order valence-electron chi connectivity index (χ1n) is 5.81. The molecule has 0 atom stereocenters. The van der Waals surface area contributed by atoms with Crippen LogP contribution < -0.4 is 5.73 Å². The molecule has 21 heavy (non-hydrogen) atoms. The first-order chi connectivity index (χ1) is 9.79. The fourth-order valence-corrected chi connectivity index (χ4v) is 4.33. The summed E-state index contributed by atoms with van der Waals surface area (Å²) in [4.78, 5) is 10.2. The van der Waals surface area contributed by atoms with E-state index in [9.17, 15) is 18.5 Å². The lowest BCUT2D eigenvalue weighted by Gasteiger charge is -2.07. The molecule has 2 N–H and O–H groups in total. The van der Waals surface area contributed by atoms with Gasteiger partial charge in [0.15, 0.2) is 9.84 Å². The van der Waals surface area contributed by atoms with E-state index in [1.807, 2.05) is 0 Å². The monoisotopic (exact) mass is 370 g/mol. The molecular formula is C13H11BrN2O4S. The molecule has 0 aliphatic carbocycles. The molecule has 8 heteroatoms. The maximum Gasteiger partial charge on any atom is 0.269 e. The zero-order valence-corrected chi connectivity index (χ0v) is 13.1. The average Bonchev–Trinajstić information content (AvgIpc) is 2.38. The minimum atomic E-state index is -3.57. The summed E-state index contributed by atoms with van der Waals surface area (Å²) >= 11 is 3.18. The van der Waals surface area contributed by atoms with Gasteiger partial charge in [-0.05, 0) is 39.7 Å². The molecule has 0 radical (unpaired) electrons. The van der Waals surface area contributed by atoms with Gasteiger partial charge in [-0.3, -0.25) is 10.1 Å². The average molecular weight is 371 g/mol. The first kappa shape index (κ1) is 15.5.